The third-order valence-electron chi connectivity index (χ3n) is 3.57. The van der Waals surface area contributed by atoms with Crippen LogP contribution in [0.2, 0.25) is 0 Å². The second-order valence-electron chi connectivity index (χ2n) is 4.86. The molecule has 1 atom stereocenters. The molecule has 1 aliphatic rings. The molecule has 1 unspecified atom stereocenters. The molecule has 0 aliphatic carbocycles. The number of hydrogen-bond acceptors (Lipinski definition) is 1. The summed E-state index contributed by atoms with van der Waals surface area (Å²) in [6.07, 6.45) is 1.01. The van der Waals surface area contributed by atoms with Crippen molar-refractivity contribution >= 4 is 0 Å². The Bertz CT molecular complexity index is 577. The Balaban J connectivity index is 2.11. The quantitative estimate of drug-likeness (QED) is 0.807. The fraction of sp³-hybridized carbons (Fsp3) is 0.250. The van der Waals surface area contributed by atoms with Gasteiger partial charge in [0.05, 0.1) is 6.04 Å². The molecule has 18 heavy (non-hydrogen) atoms. The molecule has 0 saturated carbocycles. The van der Waals surface area contributed by atoms with Crippen molar-refractivity contribution in [1.82, 2.24) is 5.32 Å². The Morgan fingerprint density at radius 1 is 1.11 bits per heavy atom. The van der Waals surface area contributed by atoms with Crippen molar-refractivity contribution in [3.63, 3.8) is 0 Å². The smallest absolute Gasteiger partial charge is 0.128 e. The van der Waals surface area contributed by atoms with Crippen molar-refractivity contribution < 1.29 is 4.39 Å². The number of rotatable bonds is 1. The van der Waals surface area contributed by atoms with E-state index in [1.807, 2.05) is 12.1 Å². The summed E-state index contributed by atoms with van der Waals surface area (Å²) < 4.78 is 13.9. The molecule has 92 valence electrons. The highest BCUT2D eigenvalue weighted by Gasteiger charge is 2.23. The maximum Gasteiger partial charge on any atom is 0.128 e. The second kappa shape index (κ2) is 4.54. The van der Waals surface area contributed by atoms with Gasteiger partial charge in [0.2, 0.25) is 0 Å². The van der Waals surface area contributed by atoms with Crippen LogP contribution in [0.5, 0.6) is 0 Å². The number of nitrogens with one attached hydrogen (secondary N) is 1. The molecular weight excluding hydrogens is 225 g/mol. The van der Waals surface area contributed by atoms with Gasteiger partial charge in [0.1, 0.15) is 5.82 Å². The van der Waals surface area contributed by atoms with Crippen molar-refractivity contribution in [3.05, 3.63) is 70.5 Å². The minimum atomic E-state index is -0.135. The highest BCUT2D eigenvalue weighted by Crippen LogP contribution is 2.30. The SMILES string of the molecule is Cc1ccc2c(c1)C(c1ccccc1F)NCC2. The zero-order valence-electron chi connectivity index (χ0n) is 10.4. The van der Waals surface area contributed by atoms with Crippen LogP contribution < -0.4 is 5.32 Å². The first-order chi connectivity index (χ1) is 8.75. The standard InChI is InChI=1S/C16H16FN/c1-11-6-7-12-8-9-18-16(14(12)10-11)13-4-2-3-5-15(13)17/h2-7,10,16,18H,8-9H2,1H3. The summed E-state index contributed by atoms with van der Waals surface area (Å²) in [5.74, 6) is -0.135. The van der Waals surface area contributed by atoms with Crippen LogP contribution in [0.4, 0.5) is 4.39 Å². The summed E-state index contributed by atoms with van der Waals surface area (Å²) in [5, 5.41) is 3.42. The molecule has 2 aromatic rings. The van der Waals surface area contributed by atoms with Crippen LogP contribution in [0.15, 0.2) is 42.5 Å². The lowest BCUT2D eigenvalue weighted by Gasteiger charge is -2.28. The van der Waals surface area contributed by atoms with Crippen molar-refractivity contribution in [2.24, 2.45) is 0 Å². The maximum atomic E-state index is 13.9. The molecule has 0 bridgehead atoms. The number of fused-ring (bicyclic) bond motifs is 1. The molecule has 0 fully saturated rings. The number of hydrogen-bond donors (Lipinski definition) is 1. The van der Waals surface area contributed by atoms with E-state index >= 15 is 0 Å². The zero-order chi connectivity index (χ0) is 12.5. The van der Waals surface area contributed by atoms with Gasteiger partial charge in [-0.05, 0) is 30.5 Å². The van der Waals surface area contributed by atoms with E-state index in [1.165, 1.54) is 22.8 Å². The lowest BCUT2D eigenvalue weighted by molar-refractivity contribution is 0.528. The number of halogens is 1. The van der Waals surface area contributed by atoms with Crippen molar-refractivity contribution in [2.75, 3.05) is 6.54 Å². The lowest BCUT2D eigenvalue weighted by atomic mass is 9.88. The molecular formula is C16H16FN. The van der Waals surface area contributed by atoms with E-state index < -0.39 is 0 Å². The Kier molecular flexibility index (Phi) is 2.88. The fourth-order valence-corrected chi connectivity index (χ4v) is 2.66. The predicted octanol–water partition coefficient (Wildman–Crippen LogP) is 3.37. The largest absolute Gasteiger partial charge is 0.306 e. The summed E-state index contributed by atoms with van der Waals surface area (Å²) in [6.45, 7) is 2.97. The molecule has 0 saturated heterocycles. The van der Waals surface area contributed by atoms with E-state index in [0.717, 1.165) is 18.5 Å². The van der Waals surface area contributed by atoms with Gasteiger partial charge >= 0.3 is 0 Å². The molecule has 0 aromatic heterocycles. The van der Waals surface area contributed by atoms with Crippen molar-refractivity contribution in [3.8, 4) is 0 Å². The first-order valence-corrected chi connectivity index (χ1v) is 6.33. The zero-order valence-corrected chi connectivity index (χ0v) is 10.4. The van der Waals surface area contributed by atoms with Crippen LogP contribution in [0.1, 0.15) is 28.3 Å². The molecule has 2 heteroatoms. The highest BCUT2D eigenvalue weighted by atomic mass is 19.1. The van der Waals surface area contributed by atoms with Crippen LogP contribution >= 0.6 is 0 Å². The predicted molar refractivity (Wildman–Crippen MR) is 71.1 cm³/mol. The van der Waals surface area contributed by atoms with E-state index in [4.69, 9.17) is 0 Å². The summed E-state index contributed by atoms with van der Waals surface area (Å²) in [4.78, 5) is 0. The summed E-state index contributed by atoms with van der Waals surface area (Å²) in [7, 11) is 0. The van der Waals surface area contributed by atoms with Crippen LogP contribution in [0, 0.1) is 12.7 Å². The van der Waals surface area contributed by atoms with E-state index in [2.05, 4.69) is 30.4 Å². The topological polar surface area (TPSA) is 12.0 Å². The molecule has 1 N–H and O–H groups in total. The average Bonchev–Trinajstić information content (AvgIpc) is 2.39. The first-order valence-electron chi connectivity index (χ1n) is 6.33. The lowest BCUT2D eigenvalue weighted by Crippen LogP contribution is -2.31. The van der Waals surface area contributed by atoms with Gasteiger partial charge in [0, 0.05) is 12.1 Å². The summed E-state index contributed by atoms with van der Waals surface area (Å²) in [6, 6.07) is 13.5. The van der Waals surface area contributed by atoms with Crippen molar-refractivity contribution in [1.29, 1.82) is 0 Å². The molecule has 1 aliphatic heterocycles. The minimum Gasteiger partial charge on any atom is -0.306 e. The third-order valence-corrected chi connectivity index (χ3v) is 3.57. The van der Waals surface area contributed by atoms with E-state index in [9.17, 15) is 4.39 Å². The van der Waals surface area contributed by atoms with Crippen LogP contribution in [0.25, 0.3) is 0 Å². The van der Waals surface area contributed by atoms with E-state index in [-0.39, 0.29) is 11.9 Å². The van der Waals surface area contributed by atoms with E-state index in [1.54, 1.807) is 6.07 Å². The highest BCUT2D eigenvalue weighted by molar-refractivity contribution is 5.42. The van der Waals surface area contributed by atoms with Crippen molar-refractivity contribution in [2.45, 2.75) is 19.4 Å². The Hall–Kier alpha value is -1.67. The van der Waals surface area contributed by atoms with E-state index in [0.29, 0.717) is 0 Å². The van der Waals surface area contributed by atoms with Crippen LogP contribution in [-0.2, 0) is 6.42 Å². The Morgan fingerprint density at radius 3 is 2.78 bits per heavy atom. The molecule has 0 radical (unpaired) electrons. The van der Waals surface area contributed by atoms with Gasteiger partial charge in [-0.25, -0.2) is 4.39 Å². The molecule has 1 heterocycles. The number of benzene rings is 2. The second-order valence-corrected chi connectivity index (χ2v) is 4.86. The van der Waals surface area contributed by atoms with Gasteiger partial charge < -0.3 is 5.32 Å². The van der Waals surface area contributed by atoms with Crippen LogP contribution in [-0.4, -0.2) is 6.54 Å². The average molecular weight is 241 g/mol. The number of aryl methyl sites for hydroxylation is 1. The normalized spacial score (nSPS) is 18.4. The van der Waals surface area contributed by atoms with Gasteiger partial charge in [-0.2, -0.15) is 0 Å². The maximum absolute atomic E-state index is 13.9. The molecule has 3 rings (SSSR count). The molecule has 1 nitrogen and oxygen atoms in total. The summed E-state index contributed by atoms with van der Waals surface area (Å²) >= 11 is 0. The first kappa shape index (κ1) is 11.4. The van der Waals surface area contributed by atoms with Gasteiger partial charge in [-0.3, -0.25) is 0 Å². The van der Waals surface area contributed by atoms with Gasteiger partial charge in [-0.1, -0.05) is 42.0 Å². The molecule has 0 spiro atoms. The van der Waals surface area contributed by atoms with Gasteiger partial charge in [0.25, 0.3) is 0 Å². The van der Waals surface area contributed by atoms with Crippen LogP contribution in [0.3, 0.4) is 0 Å². The fourth-order valence-electron chi connectivity index (χ4n) is 2.66. The van der Waals surface area contributed by atoms with Gasteiger partial charge in [0.15, 0.2) is 0 Å². The summed E-state index contributed by atoms with van der Waals surface area (Å²) in [5.41, 5.74) is 4.50. The monoisotopic (exact) mass is 241 g/mol. The Labute approximate surface area is 107 Å². The minimum absolute atomic E-state index is 0.0187. The molecule has 2 aromatic carbocycles. The van der Waals surface area contributed by atoms with Gasteiger partial charge in [-0.15, -0.1) is 0 Å². The Morgan fingerprint density at radius 2 is 1.94 bits per heavy atom. The third kappa shape index (κ3) is 1.93. The molecule has 0 amide bonds.